The summed E-state index contributed by atoms with van der Waals surface area (Å²) < 4.78 is 40.0. The Hall–Kier alpha value is -1.32. The number of amides is 1. The summed E-state index contributed by atoms with van der Waals surface area (Å²) in [6.45, 7) is 0.969. The van der Waals surface area contributed by atoms with Crippen molar-refractivity contribution in [3.63, 3.8) is 0 Å². The van der Waals surface area contributed by atoms with Gasteiger partial charge in [0, 0.05) is 31.1 Å². The molecule has 1 saturated heterocycles. The van der Waals surface area contributed by atoms with Crippen molar-refractivity contribution in [1.82, 2.24) is 9.62 Å². The molecule has 0 aromatic heterocycles. The molecule has 2 aromatic carbocycles. The van der Waals surface area contributed by atoms with Crippen LogP contribution in [0.3, 0.4) is 0 Å². The van der Waals surface area contributed by atoms with Gasteiger partial charge in [-0.05, 0) is 54.8 Å². The number of sulfonamides is 1. The van der Waals surface area contributed by atoms with Crippen LogP contribution in [0.1, 0.15) is 18.4 Å². The van der Waals surface area contributed by atoms with Gasteiger partial charge in [0.15, 0.2) is 0 Å². The Balaban J connectivity index is 1.46. The maximum absolute atomic E-state index is 13.1. The van der Waals surface area contributed by atoms with Crippen molar-refractivity contribution < 1.29 is 17.6 Å². The molecular weight excluding hydrogens is 482 g/mol. The van der Waals surface area contributed by atoms with Crippen molar-refractivity contribution in [2.24, 2.45) is 5.92 Å². The van der Waals surface area contributed by atoms with E-state index in [4.69, 9.17) is 23.2 Å². The van der Waals surface area contributed by atoms with Crippen LogP contribution in [-0.2, 0) is 20.6 Å². The average molecular weight is 505 g/mol. The van der Waals surface area contributed by atoms with E-state index in [2.05, 4.69) is 5.32 Å². The zero-order valence-corrected chi connectivity index (χ0v) is 19.8. The van der Waals surface area contributed by atoms with Gasteiger partial charge in [0.1, 0.15) is 5.82 Å². The number of hydrogen-bond donors (Lipinski definition) is 1. The summed E-state index contributed by atoms with van der Waals surface area (Å²) in [4.78, 5) is 12.6. The minimum Gasteiger partial charge on any atom is -0.355 e. The average Bonchev–Trinajstić information content (AvgIpc) is 2.76. The first kappa shape index (κ1) is 24.3. The van der Waals surface area contributed by atoms with Gasteiger partial charge in [0.25, 0.3) is 0 Å². The van der Waals surface area contributed by atoms with Gasteiger partial charge >= 0.3 is 0 Å². The van der Waals surface area contributed by atoms with Gasteiger partial charge in [0.05, 0.1) is 20.9 Å². The second-order valence-electron chi connectivity index (χ2n) is 7.25. The van der Waals surface area contributed by atoms with E-state index in [9.17, 15) is 17.6 Å². The minimum atomic E-state index is -3.75. The maximum Gasteiger partial charge on any atom is 0.243 e. The van der Waals surface area contributed by atoms with Gasteiger partial charge in [-0.1, -0.05) is 29.3 Å². The molecule has 168 valence electrons. The highest BCUT2D eigenvalue weighted by Gasteiger charge is 2.33. The molecule has 1 fully saturated rings. The summed E-state index contributed by atoms with van der Waals surface area (Å²) in [5.74, 6) is 0.431. The highest BCUT2D eigenvalue weighted by atomic mass is 35.5. The quantitative estimate of drug-likeness (QED) is 0.534. The number of hydrogen-bond acceptors (Lipinski definition) is 4. The second kappa shape index (κ2) is 11.0. The zero-order valence-electron chi connectivity index (χ0n) is 16.7. The molecule has 2 aromatic rings. The fraction of sp³-hybridized carbons (Fsp3) is 0.381. The molecule has 3 rings (SSSR count). The van der Waals surface area contributed by atoms with E-state index in [1.807, 2.05) is 12.1 Å². The van der Waals surface area contributed by atoms with E-state index >= 15 is 0 Å². The SMILES string of the molecule is O=C(NCCSCc1ccc(Cl)c(Cl)c1)[C@@H]1CCCN(S(=O)(=O)c2ccc(F)cc2)C1. The molecule has 0 spiro atoms. The first-order valence-corrected chi connectivity index (χ1v) is 13.2. The van der Waals surface area contributed by atoms with E-state index in [0.29, 0.717) is 36.0 Å². The molecule has 1 amide bonds. The molecule has 5 nitrogen and oxygen atoms in total. The Bertz CT molecular complexity index is 1020. The lowest BCUT2D eigenvalue weighted by Gasteiger charge is -2.31. The van der Waals surface area contributed by atoms with Crippen molar-refractivity contribution in [3.8, 4) is 0 Å². The number of thioether (sulfide) groups is 1. The van der Waals surface area contributed by atoms with Gasteiger partial charge in [-0.15, -0.1) is 0 Å². The van der Waals surface area contributed by atoms with Crippen LogP contribution in [-0.4, -0.2) is 44.0 Å². The number of halogens is 3. The molecule has 1 atom stereocenters. The number of carbonyl (C=O) groups is 1. The second-order valence-corrected chi connectivity index (χ2v) is 11.1. The maximum atomic E-state index is 13.1. The fourth-order valence-electron chi connectivity index (χ4n) is 3.34. The molecule has 0 aliphatic carbocycles. The number of nitrogens with one attached hydrogen (secondary N) is 1. The standard InChI is InChI=1S/C21H23Cl2FN2O3S2/c22-19-8-3-15(12-20(19)23)14-30-11-9-25-21(27)16-2-1-10-26(13-16)31(28,29)18-6-4-17(24)5-7-18/h3-8,12,16H,1-2,9-11,13-14H2,(H,25,27)/t16-/m1/s1. The Morgan fingerprint density at radius 2 is 1.90 bits per heavy atom. The van der Waals surface area contributed by atoms with Crippen LogP contribution >= 0.6 is 35.0 Å². The molecular formula is C21H23Cl2FN2O3S2. The molecule has 1 aliphatic rings. The summed E-state index contributed by atoms with van der Waals surface area (Å²) in [7, 11) is -3.75. The van der Waals surface area contributed by atoms with E-state index < -0.39 is 21.8 Å². The highest BCUT2D eigenvalue weighted by Crippen LogP contribution is 2.25. The Morgan fingerprint density at radius 3 is 2.61 bits per heavy atom. The van der Waals surface area contributed by atoms with Crippen LogP contribution in [0.25, 0.3) is 0 Å². The van der Waals surface area contributed by atoms with Crippen LogP contribution in [0.5, 0.6) is 0 Å². The Labute approximate surface area is 196 Å². The third kappa shape index (κ3) is 6.58. The Kier molecular flexibility index (Phi) is 8.64. The molecule has 0 bridgehead atoms. The van der Waals surface area contributed by atoms with Crippen molar-refractivity contribution in [2.75, 3.05) is 25.4 Å². The summed E-state index contributed by atoms with van der Waals surface area (Å²) in [5.41, 5.74) is 1.06. The molecule has 10 heteroatoms. The van der Waals surface area contributed by atoms with Gasteiger partial charge in [-0.3, -0.25) is 4.79 Å². The summed E-state index contributed by atoms with van der Waals surface area (Å²) in [5, 5.41) is 3.94. The number of carbonyl (C=O) groups excluding carboxylic acids is 1. The van der Waals surface area contributed by atoms with Crippen molar-refractivity contribution in [2.45, 2.75) is 23.5 Å². The smallest absolute Gasteiger partial charge is 0.243 e. The monoisotopic (exact) mass is 504 g/mol. The topological polar surface area (TPSA) is 66.5 Å². The van der Waals surface area contributed by atoms with Crippen LogP contribution < -0.4 is 5.32 Å². The normalized spacial score (nSPS) is 17.5. The van der Waals surface area contributed by atoms with E-state index in [1.165, 1.54) is 16.4 Å². The summed E-state index contributed by atoms with van der Waals surface area (Å²) in [6, 6.07) is 10.2. The fourth-order valence-corrected chi connectivity index (χ4v) is 5.99. The lowest BCUT2D eigenvalue weighted by atomic mass is 9.99. The number of rotatable bonds is 8. The number of nitrogens with zero attached hydrogens (tertiary/aromatic N) is 1. The van der Waals surface area contributed by atoms with Crippen molar-refractivity contribution >= 4 is 50.9 Å². The van der Waals surface area contributed by atoms with Crippen LogP contribution in [0.15, 0.2) is 47.4 Å². The first-order chi connectivity index (χ1) is 14.8. The predicted octanol–water partition coefficient (Wildman–Crippen LogP) is 4.58. The Morgan fingerprint density at radius 1 is 1.16 bits per heavy atom. The summed E-state index contributed by atoms with van der Waals surface area (Å²) >= 11 is 13.6. The van der Waals surface area contributed by atoms with Gasteiger partial charge in [-0.2, -0.15) is 16.1 Å². The number of piperidine rings is 1. The third-order valence-electron chi connectivity index (χ3n) is 5.00. The number of benzene rings is 2. The van der Waals surface area contributed by atoms with E-state index in [0.717, 1.165) is 29.2 Å². The molecule has 0 unspecified atom stereocenters. The lowest BCUT2D eigenvalue weighted by molar-refractivity contribution is -0.125. The first-order valence-electron chi connectivity index (χ1n) is 9.82. The molecule has 1 aliphatic heterocycles. The van der Waals surface area contributed by atoms with Gasteiger partial charge < -0.3 is 5.32 Å². The van der Waals surface area contributed by atoms with Crippen LogP contribution in [0, 0.1) is 11.7 Å². The minimum absolute atomic E-state index is 0.0358. The largest absolute Gasteiger partial charge is 0.355 e. The predicted molar refractivity (Wildman–Crippen MR) is 124 cm³/mol. The zero-order chi connectivity index (χ0) is 22.4. The van der Waals surface area contributed by atoms with Crippen LogP contribution in [0.4, 0.5) is 4.39 Å². The van der Waals surface area contributed by atoms with E-state index in [-0.39, 0.29) is 17.3 Å². The molecule has 31 heavy (non-hydrogen) atoms. The summed E-state index contributed by atoms with van der Waals surface area (Å²) in [6.07, 6.45) is 1.24. The lowest BCUT2D eigenvalue weighted by Crippen LogP contribution is -2.45. The highest BCUT2D eigenvalue weighted by molar-refractivity contribution is 7.98. The van der Waals surface area contributed by atoms with E-state index in [1.54, 1.807) is 17.8 Å². The van der Waals surface area contributed by atoms with Gasteiger partial charge in [0.2, 0.25) is 15.9 Å². The van der Waals surface area contributed by atoms with Gasteiger partial charge in [-0.25, -0.2) is 12.8 Å². The van der Waals surface area contributed by atoms with Crippen molar-refractivity contribution in [1.29, 1.82) is 0 Å². The third-order valence-corrected chi connectivity index (χ3v) is 8.65. The van der Waals surface area contributed by atoms with Crippen LogP contribution in [0.2, 0.25) is 10.0 Å². The molecule has 1 N–H and O–H groups in total. The molecule has 0 radical (unpaired) electrons. The molecule has 0 saturated carbocycles. The van der Waals surface area contributed by atoms with Crippen molar-refractivity contribution in [3.05, 3.63) is 63.9 Å². The molecule has 1 heterocycles.